The number of hydrogen-bond donors (Lipinski definition) is 0. The third kappa shape index (κ3) is 2.96. The molecule has 0 radical (unpaired) electrons. The highest BCUT2D eigenvalue weighted by Gasteiger charge is 2.30. The average Bonchev–Trinajstić information content (AvgIpc) is 2.29. The quantitative estimate of drug-likeness (QED) is 0.675. The van der Waals surface area contributed by atoms with Crippen molar-refractivity contribution in [3.63, 3.8) is 0 Å². The molecule has 16 heavy (non-hydrogen) atoms. The summed E-state index contributed by atoms with van der Waals surface area (Å²) in [6.07, 6.45) is 2.66. The van der Waals surface area contributed by atoms with E-state index in [1.807, 2.05) is 0 Å². The van der Waals surface area contributed by atoms with Gasteiger partial charge in [0.25, 0.3) is 0 Å². The van der Waals surface area contributed by atoms with Gasteiger partial charge in [-0.25, -0.2) is 0 Å². The SMILES string of the molecule is CC(C)(C)N1CCC(N2CCOCC2)CC1. The first-order chi connectivity index (χ1) is 7.57. The zero-order chi connectivity index (χ0) is 11.6. The fraction of sp³-hybridized carbons (Fsp3) is 1.00. The molecule has 0 spiro atoms. The first kappa shape index (κ1) is 12.3. The molecule has 2 saturated heterocycles. The van der Waals surface area contributed by atoms with Gasteiger partial charge in [-0.05, 0) is 33.6 Å². The van der Waals surface area contributed by atoms with Crippen LogP contribution in [-0.4, -0.2) is 60.8 Å². The van der Waals surface area contributed by atoms with Gasteiger partial charge in [-0.15, -0.1) is 0 Å². The molecule has 0 saturated carbocycles. The molecule has 0 atom stereocenters. The van der Waals surface area contributed by atoms with Crippen molar-refractivity contribution in [1.29, 1.82) is 0 Å². The number of piperidine rings is 1. The van der Waals surface area contributed by atoms with Crippen LogP contribution in [0.25, 0.3) is 0 Å². The lowest BCUT2D eigenvalue weighted by Gasteiger charge is -2.44. The summed E-state index contributed by atoms with van der Waals surface area (Å²) >= 11 is 0. The topological polar surface area (TPSA) is 15.7 Å². The van der Waals surface area contributed by atoms with Crippen molar-refractivity contribution in [2.24, 2.45) is 0 Å². The summed E-state index contributed by atoms with van der Waals surface area (Å²) in [7, 11) is 0. The van der Waals surface area contributed by atoms with Gasteiger partial charge in [-0.3, -0.25) is 9.80 Å². The molecule has 0 aromatic rings. The monoisotopic (exact) mass is 226 g/mol. The highest BCUT2D eigenvalue weighted by molar-refractivity contribution is 4.86. The fourth-order valence-electron chi connectivity index (χ4n) is 2.84. The number of ether oxygens (including phenoxy) is 1. The van der Waals surface area contributed by atoms with E-state index in [2.05, 4.69) is 30.6 Å². The molecular formula is C13H26N2O. The van der Waals surface area contributed by atoms with Crippen molar-refractivity contribution >= 4 is 0 Å². The fourth-order valence-corrected chi connectivity index (χ4v) is 2.84. The predicted molar refractivity (Wildman–Crippen MR) is 66.7 cm³/mol. The van der Waals surface area contributed by atoms with Crippen LogP contribution < -0.4 is 0 Å². The Balaban J connectivity index is 1.80. The first-order valence-corrected chi connectivity index (χ1v) is 6.64. The van der Waals surface area contributed by atoms with Crippen molar-refractivity contribution in [2.45, 2.75) is 45.2 Å². The Hall–Kier alpha value is -0.120. The molecule has 3 heteroatoms. The van der Waals surface area contributed by atoms with Gasteiger partial charge in [0.1, 0.15) is 0 Å². The van der Waals surface area contributed by atoms with Crippen LogP contribution >= 0.6 is 0 Å². The maximum Gasteiger partial charge on any atom is 0.0594 e. The van der Waals surface area contributed by atoms with Gasteiger partial charge in [0.15, 0.2) is 0 Å². The Morgan fingerprint density at radius 2 is 1.50 bits per heavy atom. The lowest BCUT2D eigenvalue weighted by atomic mass is 9.97. The average molecular weight is 226 g/mol. The number of hydrogen-bond acceptors (Lipinski definition) is 3. The van der Waals surface area contributed by atoms with Crippen LogP contribution in [0.15, 0.2) is 0 Å². The Morgan fingerprint density at radius 3 is 2.00 bits per heavy atom. The van der Waals surface area contributed by atoms with Crippen LogP contribution in [0.3, 0.4) is 0 Å². The molecule has 94 valence electrons. The van der Waals surface area contributed by atoms with Crippen LogP contribution in [0.5, 0.6) is 0 Å². The van der Waals surface area contributed by atoms with Gasteiger partial charge in [0, 0.05) is 37.8 Å². The van der Waals surface area contributed by atoms with Crippen LogP contribution in [0.2, 0.25) is 0 Å². The van der Waals surface area contributed by atoms with E-state index < -0.39 is 0 Å². The summed E-state index contributed by atoms with van der Waals surface area (Å²) in [6.45, 7) is 13.6. The lowest BCUT2D eigenvalue weighted by Crippen LogP contribution is -2.52. The van der Waals surface area contributed by atoms with Crippen molar-refractivity contribution in [3.8, 4) is 0 Å². The van der Waals surface area contributed by atoms with E-state index in [4.69, 9.17) is 4.74 Å². The Morgan fingerprint density at radius 1 is 0.938 bits per heavy atom. The minimum Gasteiger partial charge on any atom is -0.379 e. The minimum absolute atomic E-state index is 0.343. The molecule has 0 amide bonds. The molecule has 2 aliphatic heterocycles. The minimum atomic E-state index is 0.343. The summed E-state index contributed by atoms with van der Waals surface area (Å²) in [5, 5.41) is 0. The molecule has 0 aromatic heterocycles. The van der Waals surface area contributed by atoms with Crippen LogP contribution in [0, 0.1) is 0 Å². The maximum atomic E-state index is 5.41. The van der Waals surface area contributed by atoms with E-state index in [-0.39, 0.29) is 0 Å². The normalized spacial score (nSPS) is 27.2. The van der Waals surface area contributed by atoms with Gasteiger partial charge in [-0.1, -0.05) is 0 Å². The number of nitrogens with zero attached hydrogens (tertiary/aromatic N) is 2. The highest BCUT2D eigenvalue weighted by atomic mass is 16.5. The van der Waals surface area contributed by atoms with E-state index >= 15 is 0 Å². The van der Waals surface area contributed by atoms with Gasteiger partial charge >= 0.3 is 0 Å². The predicted octanol–water partition coefficient (Wildman–Crippen LogP) is 1.58. The van der Waals surface area contributed by atoms with Crippen molar-refractivity contribution in [1.82, 2.24) is 9.80 Å². The molecule has 0 N–H and O–H groups in total. The third-order valence-electron chi connectivity index (χ3n) is 3.98. The summed E-state index contributed by atoms with van der Waals surface area (Å²) in [5.74, 6) is 0. The molecule has 2 heterocycles. The second kappa shape index (κ2) is 5.03. The molecule has 2 fully saturated rings. The second-order valence-corrected chi connectivity index (χ2v) is 6.04. The first-order valence-electron chi connectivity index (χ1n) is 6.64. The van der Waals surface area contributed by atoms with Crippen molar-refractivity contribution < 1.29 is 4.74 Å². The summed E-state index contributed by atoms with van der Waals surface area (Å²) < 4.78 is 5.41. The van der Waals surface area contributed by atoms with E-state index in [0.717, 1.165) is 32.3 Å². The van der Waals surface area contributed by atoms with E-state index in [9.17, 15) is 0 Å². The molecule has 0 bridgehead atoms. The molecule has 2 rings (SSSR count). The number of morpholine rings is 1. The van der Waals surface area contributed by atoms with Crippen LogP contribution in [-0.2, 0) is 4.74 Å². The zero-order valence-corrected chi connectivity index (χ0v) is 11.0. The Labute approximate surface area is 99.7 Å². The van der Waals surface area contributed by atoms with E-state index in [1.54, 1.807) is 0 Å². The third-order valence-corrected chi connectivity index (χ3v) is 3.98. The molecule has 2 aliphatic rings. The van der Waals surface area contributed by atoms with Crippen LogP contribution in [0.1, 0.15) is 33.6 Å². The van der Waals surface area contributed by atoms with Gasteiger partial charge in [0.2, 0.25) is 0 Å². The molecule has 0 aliphatic carbocycles. The molecule has 0 aromatic carbocycles. The van der Waals surface area contributed by atoms with E-state index in [0.29, 0.717) is 5.54 Å². The van der Waals surface area contributed by atoms with Crippen molar-refractivity contribution in [2.75, 3.05) is 39.4 Å². The summed E-state index contributed by atoms with van der Waals surface area (Å²) in [6, 6.07) is 0.808. The number of rotatable bonds is 1. The van der Waals surface area contributed by atoms with Gasteiger partial charge in [-0.2, -0.15) is 0 Å². The Bertz CT molecular complexity index is 210. The maximum absolute atomic E-state index is 5.41. The molecule has 3 nitrogen and oxygen atoms in total. The van der Waals surface area contributed by atoms with Gasteiger partial charge < -0.3 is 4.74 Å². The Kier molecular flexibility index (Phi) is 3.88. The van der Waals surface area contributed by atoms with Crippen LogP contribution in [0.4, 0.5) is 0 Å². The van der Waals surface area contributed by atoms with E-state index in [1.165, 1.54) is 25.9 Å². The number of likely N-dealkylation sites (tertiary alicyclic amines) is 1. The largest absolute Gasteiger partial charge is 0.379 e. The zero-order valence-electron chi connectivity index (χ0n) is 11.0. The second-order valence-electron chi connectivity index (χ2n) is 6.04. The standard InChI is InChI=1S/C13H26N2O/c1-13(2,3)15-6-4-12(5-7-15)14-8-10-16-11-9-14/h12H,4-11H2,1-3H3. The van der Waals surface area contributed by atoms with Gasteiger partial charge in [0.05, 0.1) is 13.2 Å². The summed E-state index contributed by atoms with van der Waals surface area (Å²) in [4.78, 5) is 5.24. The molecule has 0 unspecified atom stereocenters. The lowest BCUT2D eigenvalue weighted by molar-refractivity contribution is -0.00891. The van der Waals surface area contributed by atoms with Crippen molar-refractivity contribution in [3.05, 3.63) is 0 Å². The smallest absolute Gasteiger partial charge is 0.0594 e. The molecular weight excluding hydrogens is 200 g/mol. The highest BCUT2D eigenvalue weighted by Crippen LogP contribution is 2.23. The summed E-state index contributed by atoms with van der Waals surface area (Å²) in [5.41, 5.74) is 0.343.